The smallest absolute Gasteiger partial charge is 0.322 e. The number of hydrogen-bond donors (Lipinski definition) is 2. The molecule has 0 fully saturated rings. The summed E-state index contributed by atoms with van der Waals surface area (Å²) in [6, 6.07) is 0. The van der Waals surface area contributed by atoms with Crippen molar-refractivity contribution in [2.24, 2.45) is 0 Å². The van der Waals surface area contributed by atoms with Crippen molar-refractivity contribution in [1.82, 2.24) is 5.32 Å². The Morgan fingerprint density at radius 1 is 0.540 bits per heavy atom. The number of nitrogens with one attached hydrogen (secondary N) is 1. The largest absolute Gasteiger partial charge is 0.480 e. The van der Waals surface area contributed by atoms with Gasteiger partial charge in [-0.1, -0.05) is 172 Å². The number of allylic oxidation sites excluding steroid dienone is 8. The highest BCUT2D eigenvalue weighted by molar-refractivity contribution is 5.80. The van der Waals surface area contributed by atoms with E-state index in [9.17, 15) is 14.4 Å². The summed E-state index contributed by atoms with van der Waals surface area (Å²) in [7, 11) is 0. The molecule has 0 spiro atoms. The summed E-state index contributed by atoms with van der Waals surface area (Å²) in [5, 5.41) is 11.1. The van der Waals surface area contributed by atoms with Gasteiger partial charge in [-0.15, -0.1) is 0 Å². The van der Waals surface area contributed by atoms with Gasteiger partial charge in [-0.3, -0.25) is 14.4 Å². The second kappa shape index (κ2) is 39.2. The minimum atomic E-state index is -1.02. The Labute approximate surface area is 308 Å². The number of esters is 1. The molecule has 0 rings (SSSR count). The number of carbonyl (C=O) groups is 3. The summed E-state index contributed by atoms with van der Waals surface area (Å²) in [6.45, 7) is 4.11. The quantitative estimate of drug-likeness (QED) is 0.0382. The van der Waals surface area contributed by atoms with Gasteiger partial charge in [0.15, 0.2) is 0 Å². The molecular weight excluding hydrogens is 622 g/mol. The molecule has 2 N–H and O–H groups in total. The van der Waals surface area contributed by atoms with Crippen LogP contribution in [0.4, 0.5) is 0 Å². The second-order valence-corrected chi connectivity index (χ2v) is 13.9. The number of rotatable bonds is 37. The summed E-state index contributed by atoms with van der Waals surface area (Å²) < 4.78 is 5.98. The third kappa shape index (κ3) is 38.2. The van der Waals surface area contributed by atoms with Crippen molar-refractivity contribution < 1.29 is 24.2 Å². The zero-order valence-electron chi connectivity index (χ0n) is 32.5. The highest BCUT2D eigenvalue weighted by atomic mass is 16.5. The third-order valence-corrected chi connectivity index (χ3v) is 9.03. The molecule has 0 saturated heterocycles. The SMILES string of the molecule is CC/C=C\C/C=C\C/C=C\C/C=C\CCC(=O)OC(CCCCCCCCCCCCCCCCC)CCCCCCCC(=O)NCC(=O)O. The molecule has 1 amide bonds. The Balaban J connectivity index is 4.28. The fraction of sp³-hybridized carbons (Fsp3) is 0.750. The van der Waals surface area contributed by atoms with E-state index >= 15 is 0 Å². The molecule has 0 bridgehead atoms. The predicted molar refractivity (Wildman–Crippen MR) is 212 cm³/mol. The predicted octanol–water partition coefficient (Wildman–Crippen LogP) is 12.7. The number of hydrogen-bond acceptors (Lipinski definition) is 4. The first kappa shape index (κ1) is 47.4. The normalized spacial score (nSPS) is 12.5. The topological polar surface area (TPSA) is 92.7 Å². The van der Waals surface area contributed by atoms with Crippen molar-refractivity contribution in [3.05, 3.63) is 48.6 Å². The zero-order valence-corrected chi connectivity index (χ0v) is 32.5. The van der Waals surface area contributed by atoms with Gasteiger partial charge < -0.3 is 15.2 Å². The van der Waals surface area contributed by atoms with E-state index in [1.165, 1.54) is 89.9 Å². The number of carboxylic acid groups (broad SMARTS) is 1. The van der Waals surface area contributed by atoms with Gasteiger partial charge in [-0.05, 0) is 64.2 Å². The maximum Gasteiger partial charge on any atom is 0.322 e. The Bertz CT molecular complexity index is 906. The number of unbranched alkanes of at least 4 members (excludes halogenated alkanes) is 18. The standard InChI is InChI=1S/C44H77NO5/c1-3-5-7-9-11-13-15-17-18-20-21-23-25-28-32-36-41(37-33-29-27-30-34-38-42(46)45-40-43(47)48)50-44(49)39-35-31-26-24-22-19-16-14-12-10-8-6-4-2/h6,8,12,14,19,22,26,31,41H,3-5,7,9-11,13,15-18,20-21,23-25,27-30,32-40H2,1-2H3,(H,45,46)(H,47,48)/b8-6-,14-12-,22-19-,31-26-. The number of carboxylic acids is 1. The van der Waals surface area contributed by atoms with Gasteiger partial charge in [-0.2, -0.15) is 0 Å². The van der Waals surface area contributed by atoms with Gasteiger partial charge in [-0.25, -0.2) is 0 Å². The van der Waals surface area contributed by atoms with Crippen LogP contribution in [-0.4, -0.2) is 35.6 Å². The van der Waals surface area contributed by atoms with E-state index in [-0.39, 0.29) is 24.5 Å². The van der Waals surface area contributed by atoms with Crippen LogP contribution in [0.5, 0.6) is 0 Å². The zero-order chi connectivity index (χ0) is 36.6. The van der Waals surface area contributed by atoms with Crippen molar-refractivity contribution >= 4 is 17.8 Å². The van der Waals surface area contributed by atoms with Gasteiger partial charge in [0.25, 0.3) is 0 Å². The van der Waals surface area contributed by atoms with Crippen LogP contribution in [0.1, 0.15) is 200 Å². The minimum Gasteiger partial charge on any atom is -0.480 e. The molecule has 0 heterocycles. The average molecular weight is 700 g/mol. The van der Waals surface area contributed by atoms with Crippen LogP contribution in [0.2, 0.25) is 0 Å². The first-order valence-electron chi connectivity index (χ1n) is 20.8. The molecule has 0 aromatic carbocycles. The van der Waals surface area contributed by atoms with Crippen LogP contribution in [0, 0.1) is 0 Å². The lowest BCUT2D eigenvalue weighted by Crippen LogP contribution is -2.28. The van der Waals surface area contributed by atoms with Gasteiger partial charge in [0.05, 0.1) is 0 Å². The molecule has 0 aromatic heterocycles. The van der Waals surface area contributed by atoms with E-state index in [0.717, 1.165) is 77.0 Å². The molecule has 1 unspecified atom stereocenters. The first-order chi connectivity index (χ1) is 24.5. The lowest BCUT2D eigenvalue weighted by Gasteiger charge is -2.18. The Kier molecular flexibility index (Phi) is 37.1. The fourth-order valence-electron chi connectivity index (χ4n) is 6.00. The molecule has 6 nitrogen and oxygen atoms in total. The molecule has 0 saturated carbocycles. The van der Waals surface area contributed by atoms with E-state index in [1.54, 1.807) is 0 Å². The summed E-state index contributed by atoms with van der Waals surface area (Å²) >= 11 is 0. The van der Waals surface area contributed by atoms with E-state index in [2.05, 4.69) is 67.8 Å². The molecule has 0 aliphatic heterocycles. The van der Waals surface area contributed by atoms with Crippen LogP contribution >= 0.6 is 0 Å². The number of carbonyl (C=O) groups excluding carboxylic acids is 2. The Morgan fingerprint density at radius 2 is 0.960 bits per heavy atom. The number of ether oxygens (including phenoxy) is 1. The van der Waals surface area contributed by atoms with Crippen molar-refractivity contribution in [2.75, 3.05) is 6.54 Å². The van der Waals surface area contributed by atoms with E-state index < -0.39 is 5.97 Å². The lowest BCUT2D eigenvalue weighted by atomic mass is 10.0. The highest BCUT2D eigenvalue weighted by Crippen LogP contribution is 2.19. The van der Waals surface area contributed by atoms with Crippen molar-refractivity contribution in [1.29, 1.82) is 0 Å². The third-order valence-electron chi connectivity index (χ3n) is 9.03. The van der Waals surface area contributed by atoms with Crippen LogP contribution in [0.25, 0.3) is 0 Å². The molecule has 0 radical (unpaired) electrons. The van der Waals surface area contributed by atoms with Crippen LogP contribution in [0.3, 0.4) is 0 Å². The van der Waals surface area contributed by atoms with Crippen LogP contribution in [-0.2, 0) is 19.1 Å². The molecule has 0 aliphatic rings. The van der Waals surface area contributed by atoms with Gasteiger partial charge in [0.2, 0.25) is 5.91 Å². The first-order valence-corrected chi connectivity index (χ1v) is 20.8. The molecule has 0 aromatic rings. The molecule has 288 valence electrons. The monoisotopic (exact) mass is 700 g/mol. The van der Waals surface area contributed by atoms with Gasteiger partial charge in [0, 0.05) is 12.8 Å². The van der Waals surface area contributed by atoms with Gasteiger partial charge >= 0.3 is 11.9 Å². The average Bonchev–Trinajstić information content (AvgIpc) is 3.10. The van der Waals surface area contributed by atoms with Crippen LogP contribution < -0.4 is 5.32 Å². The maximum atomic E-state index is 12.7. The summed E-state index contributed by atoms with van der Waals surface area (Å²) in [5.41, 5.74) is 0. The summed E-state index contributed by atoms with van der Waals surface area (Å²) in [6.07, 6.45) is 49.5. The van der Waals surface area contributed by atoms with Crippen molar-refractivity contribution in [3.63, 3.8) is 0 Å². The van der Waals surface area contributed by atoms with Crippen molar-refractivity contribution in [3.8, 4) is 0 Å². The van der Waals surface area contributed by atoms with E-state index in [0.29, 0.717) is 19.3 Å². The van der Waals surface area contributed by atoms with Crippen molar-refractivity contribution in [2.45, 2.75) is 206 Å². The van der Waals surface area contributed by atoms with E-state index in [1.807, 2.05) is 0 Å². The summed E-state index contributed by atoms with van der Waals surface area (Å²) in [4.78, 5) is 35.0. The lowest BCUT2D eigenvalue weighted by molar-refractivity contribution is -0.149. The number of aliphatic carboxylic acids is 1. The van der Waals surface area contributed by atoms with Gasteiger partial charge in [0.1, 0.15) is 12.6 Å². The molecule has 1 atom stereocenters. The Hall–Kier alpha value is -2.63. The fourth-order valence-corrected chi connectivity index (χ4v) is 6.00. The summed E-state index contributed by atoms with van der Waals surface area (Å²) in [5.74, 6) is -1.31. The molecule has 0 aliphatic carbocycles. The molecular formula is C44H77NO5. The maximum absolute atomic E-state index is 12.7. The molecule has 6 heteroatoms. The molecule has 50 heavy (non-hydrogen) atoms. The van der Waals surface area contributed by atoms with Crippen LogP contribution in [0.15, 0.2) is 48.6 Å². The Morgan fingerprint density at radius 3 is 1.42 bits per heavy atom. The minimum absolute atomic E-state index is 0.0105. The highest BCUT2D eigenvalue weighted by Gasteiger charge is 2.14. The van der Waals surface area contributed by atoms with E-state index in [4.69, 9.17) is 9.84 Å². The second-order valence-electron chi connectivity index (χ2n) is 13.9. The number of amides is 1.